The zero-order valence-corrected chi connectivity index (χ0v) is 17.2. The van der Waals surface area contributed by atoms with E-state index in [9.17, 15) is 18.8 Å². The Balaban J connectivity index is 1.72. The average Bonchev–Trinajstić information content (AvgIpc) is 3.14. The Morgan fingerprint density at radius 2 is 1.77 bits per heavy atom. The average molecular weight is 436 g/mol. The van der Waals surface area contributed by atoms with E-state index in [1.807, 2.05) is 30.3 Å². The van der Waals surface area contributed by atoms with E-state index >= 15 is 0 Å². The fourth-order valence-corrected chi connectivity index (χ4v) is 4.10. The van der Waals surface area contributed by atoms with Crippen LogP contribution in [-0.2, 0) is 6.54 Å². The molecule has 9 heteroatoms. The monoisotopic (exact) mass is 436 g/mol. The first kappa shape index (κ1) is 20.4. The third-order valence-electron chi connectivity index (χ3n) is 4.47. The maximum absolute atomic E-state index is 13.2. The van der Waals surface area contributed by atoms with Crippen molar-refractivity contribution in [3.05, 3.63) is 98.7 Å². The van der Waals surface area contributed by atoms with Crippen LogP contribution in [-0.4, -0.2) is 21.2 Å². The third-order valence-corrected chi connectivity index (χ3v) is 5.51. The number of aromatic nitrogens is 2. The van der Waals surface area contributed by atoms with Crippen molar-refractivity contribution < 1.29 is 14.0 Å². The van der Waals surface area contributed by atoms with Crippen LogP contribution in [0.3, 0.4) is 0 Å². The number of anilines is 1. The molecule has 31 heavy (non-hydrogen) atoms. The molecular weight excluding hydrogens is 419 g/mol. The Morgan fingerprint density at radius 3 is 2.48 bits per heavy atom. The van der Waals surface area contributed by atoms with Gasteiger partial charge in [0, 0.05) is 24.0 Å². The van der Waals surface area contributed by atoms with Crippen molar-refractivity contribution in [2.45, 2.75) is 13.5 Å². The van der Waals surface area contributed by atoms with Gasteiger partial charge in [-0.1, -0.05) is 41.7 Å². The molecule has 2 N–H and O–H groups in total. The molecular formula is C22H17FN4O3S. The largest absolute Gasteiger partial charge is 0.347 e. The van der Waals surface area contributed by atoms with E-state index in [1.54, 1.807) is 6.92 Å². The van der Waals surface area contributed by atoms with Gasteiger partial charge in [0.1, 0.15) is 16.4 Å². The van der Waals surface area contributed by atoms with Crippen LogP contribution in [0.1, 0.15) is 31.4 Å². The van der Waals surface area contributed by atoms with Crippen LogP contribution in [0.5, 0.6) is 0 Å². The smallest absolute Gasteiger partial charge is 0.270 e. The Hall–Kier alpha value is -3.85. The lowest BCUT2D eigenvalue weighted by Gasteiger charge is -2.08. The number of hydrogen-bond donors (Lipinski definition) is 2. The highest BCUT2D eigenvalue weighted by Gasteiger charge is 2.26. The summed E-state index contributed by atoms with van der Waals surface area (Å²) in [5, 5.41) is 5.38. The number of thiazole rings is 1. The lowest BCUT2D eigenvalue weighted by Crippen LogP contribution is -2.29. The second-order valence-corrected chi connectivity index (χ2v) is 7.74. The van der Waals surface area contributed by atoms with Gasteiger partial charge in [-0.3, -0.25) is 14.4 Å². The number of halogens is 1. The number of benzene rings is 2. The third kappa shape index (κ3) is 4.36. The molecule has 0 spiro atoms. The predicted molar refractivity (Wildman–Crippen MR) is 116 cm³/mol. The van der Waals surface area contributed by atoms with Gasteiger partial charge in [0.25, 0.3) is 17.4 Å². The molecule has 0 aliphatic rings. The van der Waals surface area contributed by atoms with Gasteiger partial charge < -0.3 is 10.6 Å². The molecule has 0 radical (unpaired) electrons. The van der Waals surface area contributed by atoms with Crippen LogP contribution in [0.2, 0.25) is 0 Å². The Bertz CT molecular complexity index is 1330. The number of carbonyl (C=O) groups excluding carboxylic acids is 2. The van der Waals surface area contributed by atoms with Gasteiger partial charge in [-0.05, 0) is 36.8 Å². The molecule has 0 fully saturated rings. The fraction of sp³-hybridized carbons (Fsp3) is 0.0909. The minimum absolute atomic E-state index is 0.0325. The van der Waals surface area contributed by atoms with Gasteiger partial charge >= 0.3 is 0 Å². The molecule has 4 rings (SSSR count). The van der Waals surface area contributed by atoms with E-state index in [4.69, 9.17) is 0 Å². The summed E-state index contributed by atoms with van der Waals surface area (Å²) >= 11 is 0.938. The lowest BCUT2D eigenvalue weighted by atomic mass is 10.2. The van der Waals surface area contributed by atoms with E-state index < -0.39 is 23.2 Å². The maximum Gasteiger partial charge on any atom is 0.270 e. The summed E-state index contributed by atoms with van der Waals surface area (Å²) in [7, 11) is 0. The highest BCUT2D eigenvalue weighted by molar-refractivity contribution is 7.19. The fourth-order valence-electron chi connectivity index (χ4n) is 3.03. The van der Waals surface area contributed by atoms with Gasteiger partial charge in [-0.2, -0.15) is 0 Å². The Kier molecular flexibility index (Phi) is 5.59. The number of fused-ring (bicyclic) bond motifs is 1. The summed E-state index contributed by atoms with van der Waals surface area (Å²) in [5.74, 6) is -1.61. The number of nitrogens with zero attached hydrogens (tertiary/aromatic N) is 2. The molecule has 0 bridgehead atoms. The normalized spacial score (nSPS) is 10.8. The summed E-state index contributed by atoms with van der Waals surface area (Å²) in [4.78, 5) is 43.1. The molecule has 7 nitrogen and oxygen atoms in total. The van der Waals surface area contributed by atoms with E-state index in [0.717, 1.165) is 21.3 Å². The van der Waals surface area contributed by atoms with Gasteiger partial charge in [0.05, 0.1) is 0 Å². The zero-order chi connectivity index (χ0) is 22.0. The molecule has 2 heterocycles. The van der Waals surface area contributed by atoms with Crippen molar-refractivity contribution in [2.24, 2.45) is 0 Å². The first-order valence-corrected chi connectivity index (χ1v) is 10.2. The number of rotatable bonds is 5. The maximum atomic E-state index is 13.2. The first-order chi connectivity index (χ1) is 14.9. The van der Waals surface area contributed by atoms with Crippen molar-refractivity contribution in [2.75, 3.05) is 5.32 Å². The molecule has 0 saturated heterocycles. The summed E-state index contributed by atoms with van der Waals surface area (Å²) in [6.07, 6.45) is 0. The molecule has 2 amide bonds. The SMILES string of the molecule is Cc1cc(=O)n2c(C(=O)NCc3ccccc3)c(C(=O)Nc3ccc(F)cc3)sc2n1. The Morgan fingerprint density at radius 1 is 1.06 bits per heavy atom. The van der Waals surface area contributed by atoms with Crippen molar-refractivity contribution >= 4 is 33.8 Å². The minimum Gasteiger partial charge on any atom is -0.347 e. The Labute approximate surface area is 180 Å². The van der Waals surface area contributed by atoms with Gasteiger partial charge in [0.2, 0.25) is 0 Å². The highest BCUT2D eigenvalue weighted by atomic mass is 32.1. The van der Waals surface area contributed by atoms with E-state index in [2.05, 4.69) is 15.6 Å². The molecule has 0 unspecified atom stereocenters. The molecule has 4 aromatic rings. The van der Waals surface area contributed by atoms with Gasteiger partial charge in [-0.15, -0.1) is 0 Å². The van der Waals surface area contributed by atoms with E-state index in [0.29, 0.717) is 11.4 Å². The number of amides is 2. The van der Waals surface area contributed by atoms with Crippen LogP contribution in [0.4, 0.5) is 10.1 Å². The van der Waals surface area contributed by atoms with Crippen LogP contribution in [0.15, 0.2) is 65.5 Å². The highest BCUT2D eigenvalue weighted by Crippen LogP contribution is 2.23. The van der Waals surface area contributed by atoms with Crippen molar-refractivity contribution in [1.29, 1.82) is 0 Å². The van der Waals surface area contributed by atoms with E-state index in [-0.39, 0.29) is 22.1 Å². The molecule has 2 aromatic heterocycles. The van der Waals surface area contributed by atoms with Crippen molar-refractivity contribution in [1.82, 2.24) is 14.7 Å². The van der Waals surface area contributed by atoms with Crippen LogP contribution in [0.25, 0.3) is 4.96 Å². The van der Waals surface area contributed by atoms with Crippen LogP contribution < -0.4 is 16.2 Å². The summed E-state index contributed by atoms with van der Waals surface area (Å²) in [6, 6.07) is 15.8. The summed E-state index contributed by atoms with van der Waals surface area (Å²) in [5.41, 5.74) is 1.16. The number of nitrogens with one attached hydrogen (secondary N) is 2. The molecule has 0 aliphatic heterocycles. The van der Waals surface area contributed by atoms with Gasteiger partial charge in [0.15, 0.2) is 4.96 Å². The standard InChI is InChI=1S/C22H17FN4O3S/c1-13-11-17(28)27-18(20(29)24-12-14-5-3-2-4-6-14)19(31-22(27)25-13)21(30)26-16-9-7-15(23)8-10-16/h2-11H,12H2,1H3,(H,24,29)(H,26,30). The van der Waals surface area contributed by atoms with Crippen molar-refractivity contribution in [3.8, 4) is 0 Å². The van der Waals surface area contributed by atoms with Crippen LogP contribution >= 0.6 is 11.3 Å². The second-order valence-electron chi connectivity index (χ2n) is 6.76. The molecule has 156 valence electrons. The lowest BCUT2D eigenvalue weighted by molar-refractivity contribution is 0.0933. The summed E-state index contributed by atoms with van der Waals surface area (Å²) in [6.45, 7) is 1.89. The second kappa shape index (κ2) is 8.49. The topological polar surface area (TPSA) is 92.6 Å². The quantitative estimate of drug-likeness (QED) is 0.502. The molecule has 0 aliphatic carbocycles. The van der Waals surface area contributed by atoms with Crippen molar-refractivity contribution in [3.63, 3.8) is 0 Å². The first-order valence-electron chi connectivity index (χ1n) is 9.34. The van der Waals surface area contributed by atoms with E-state index in [1.165, 1.54) is 30.3 Å². The number of aryl methyl sites for hydroxylation is 1. The number of hydrogen-bond acceptors (Lipinski definition) is 5. The predicted octanol–water partition coefficient (Wildman–Crippen LogP) is 3.39. The molecule has 0 saturated carbocycles. The molecule has 0 atom stereocenters. The minimum atomic E-state index is -0.593. The van der Waals surface area contributed by atoms with Gasteiger partial charge in [-0.25, -0.2) is 13.8 Å². The zero-order valence-electron chi connectivity index (χ0n) is 16.4. The number of carbonyl (C=O) groups is 2. The molecule has 2 aromatic carbocycles. The van der Waals surface area contributed by atoms with Crippen LogP contribution in [0, 0.1) is 12.7 Å². The summed E-state index contributed by atoms with van der Waals surface area (Å²) < 4.78 is 14.3.